The van der Waals surface area contributed by atoms with Gasteiger partial charge in [-0.15, -0.1) is 0 Å². The molecule has 1 aromatic heterocycles. The van der Waals surface area contributed by atoms with Gasteiger partial charge in [-0.1, -0.05) is 0 Å². The van der Waals surface area contributed by atoms with Crippen molar-refractivity contribution in [2.24, 2.45) is 0 Å². The lowest BCUT2D eigenvalue weighted by molar-refractivity contribution is 0.249. The molecule has 0 aliphatic carbocycles. The Morgan fingerprint density at radius 3 is 2.08 bits per heavy atom. The normalized spacial score (nSPS) is 14.2. The van der Waals surface area contributed by atoms with Crippen LogP contribution in [0.15, 0.2) is 65.1 Å². The van der Waals surface area contributed by atoms with Crippen LogP contribution >= 0.6 is 0 Å². The lowest BCUT2D eigenvalue weighted by Gasteiger charge is -2.36. The number of nitrogens with zero attached hydrogens (tertiary/aromatic N) is 2. The van der Waals surface area contributed by atoms with Gasteiger partial charge in [0, 0.05) is 55.4 Å². The van der Waals surface area contributed by atoms with Gasteiger partial charge in [0.1, 0.15) is 11.5 Å². The van der Waals surface area contributed by atoms with Gasteiger partial charge in [0.2, 0.25) is 0 Å². The summed E-state index contributed by atoms with van der Waals surface area (Å²) in [6.07, 6.45) is 0. The van der Waals surface area contributed by atoms with Crippen LogP contribution in [0.5, 0.6) is 23.0 Å². The van der Waals surface area contributed by atoms with E-state index >= 15 is 0 Å². The van der Waals surface area contributed by atoms with E-state index in [4.69, 9.17) is 23.4 Å². The van der Waals surface area contributed by atoms with Crippen LogP contribution in [0.25, 0.3) is 22.3 Å². The zero-order valence-corrected chi connectivity index (χ0v) is 21.2. The maximum absolute atomic E-state index is 6.19. The lowest BCUT2D eigenvalue weighted by atomic mass is 10.1. The summed E-state index contributed by atoms with van der Waals surface area (Å²) < 4.78 is 28.0. The lowest BCUT2D eigenvalue weighted by Crippen LogP contribution is -2.45. The number of anilines is 1. The van der Waals surface area contributed by atoms with Gasteiger partial charge in [-0.2, -0.15) is 0 Å². The molecule has 36 heavy (non-hydrogen) atoms. The molecule has 0 N–H and O–H groups in total. The van der Waals surface area contributed by atoms with Crippen LogP contribution in [0, 0.1) is 0 Å². The first-order valence-electron chi connectivity index (χ1n) is 12.1. The third-order valence-electron chi connectivity index (χ3n) is 6.75. The van der Waals surface area contributed by atoms with Crippen molar-refractivity contribution < 1.29 is 23.4 Å². The molecule has 0 saturated carbocycles. The fourth-order valence-corrected chi connectivity index (χ4v) is 4.76. The highest BCUT2D eigenvalue weighted by molar-refractivity contribution is 5.88. The number of fused-ring (bicyclic) bond motifs is 1. The van der Waals surface area contributed by atoms with Crippen LogP contribution in [-0.2, 0) is 6.54 Å². The Morgan fingerprint density at radius 1 is 0.694 bits per heavy atom. The maximum Gasteiger partial charge on any atom is 0.176 e. The second-order valence-corrected chi connectivity index (χ2v) is 8.86. The zero-order valence-electron chi connectivity index (χ0n) is 21.2. The average Bonchev–Trinajstić information content (AvgIpc) is 3.37. The summed E-state index contributed by atoms with van der Waals surface area (Å²) in [7, 11) is 6.69. The Balaban J connectivity index is 1.29. The Kier molecular flexibility index (Phi) is 6.91. The highest BCUT2D eigenvalue weighted by Crippen LogP contribution is 2.36. The Bertz CT molecular complexity index is 1320. The molecule has 1 fully saturated rings. The fourth-order valence-electron chi connectivity index (χ4n) is 4.76. The van der Waals surface area contributed by atoms with Crippen LogP contribution in [0.4, 0.5) is 5.69 Å². The largest absolute Gasteiger partial charge is 0.497 e. The molecule has 1 aliphatic heterocycles. The minimum atomic E-state index is 0.749. The van der Waals surface area contributed by atoms with Crippen LogP contribution in [0.2, 0.25) is 0 Å². The summed E-state index contributed by atoms with van der Waals surface area (Å²) in [4.78, 5) is 4.86. The van der Waals surface area contributed by atoms with Crippen LogP contribution < -0.4 is 23.8 Å². The van der Waals surface area contributed by atoms with Crippen molar-refractivity contribution in [2.45, 2.75) is 6.54 Å². The van der Waals surface area contributed by atoms with Crippen molar-refractivity contribution in [3.05, 3.63) is 66.2 Å². The number of methoxy groups -OCH3 is 4. The smallest absolute Gasteiger partial charge is 0.176 e. The van der Waals surface area contributed by atoms with Crippen molar-refractivity contribution in [1.29, 1.82) is 0 Å². The molecular weight excluding hydrogens is 456 g/mol. The number of hydrogen-bond acceptors (Lipinski definition) is 7. The summed E-state index contributed by atoms with van der Waals surface area (Å²) in [5.41, 5.74) is 4.13. The number of ether oxygens (including phenoxy) is 4. The molecule has 1 aliphatic rings. The Labute approximate surface area is 211 Å². The molecule has 7 heteroatoms. The van der Waals surface area contributed by atoms with E-state index in [0.29, 0.717) is 0 Å². The molecule has 0 radical (unpaired) electrons. The van der Waals surface area contributed by atoms with Gasteiger partial charge >= 0.3 is 0 Å². The summed E-state index contributed by atoms with van der Waals surface area (Å²) >= 11 is 0. The highest BCUT2D eigenvalue weighted by Gasteiger charge is 2.20. The summed E-state index contributed by atoms with van der Waals surface area (Å²) in [5, 5.41) is 1.04. The van der Waals surface area contributed by atoms with E-state index in [-0.39, 0.29) is 0 Å². The monoisotopic (exact) mass is 488 g/mol. The van der Waals surface area contributed by atoms with Crippen molar-refractivity contribution in [2.75, 3.05) is 59.5 Å². The second kappa shape index (κ2) is 10.4. The molecule has 4 aromatic rings. The number of piperazine rings is 1. The topological polar surface area (TPSA) is 56.5 Å². The van der Waals surface area contributed by atoms with Gasteiger partial charge in [0.05, 0.1) is 28.4 Å². The van der Waals surface area contributed by atoms with Crippen molar-refractivity contribution in [1.82, 2.24) is 4.90 Å². The number of rotatable bonds is 8. The minimum absolute atomic E-state index is 0.749. The molecule has 1 saturated heterocycles. The Hall–Kier alpha value is -3.84. The van der Waals surface area contributed by atoms with Gasteiger partial charge < -0.3 is 28.3 Å². The second-order valence-electron chi connectivity index (χ2n) is 8.86. The van der Waals surface area contributed by atoms with E-state index in [1.165, 1.54) is 5.56 Å². The van der Waals surface area contributed by atoms with E-state index in [1.807, 2.05) is 36.4 Å². The number of furan rings is 1. The number of hydrogen-bond donors (Lipinski definition) is 0. The summed E-state index contributed by atoms with van der Waals surface area (Å²) in [6, 6.07) is 20.4. The van der Waals surface area contributed by atoms with Crippen molar-refractivity contribution in [3.8, 4) is 34.3 Å². The average molecular weight is 489 g/mol. The van der Waals surface area contributed by atoms with Crippen LogP contribution in [0.3, 0.4) is 0 Å². The third-order valence-corrected chi connectivity index (χ3v) is 6.75. The molecule has 0 spiro atoms. The third kappa shape index (κ3) is 4.79. The van der Waals surface area contributed by atoms with E-state index < -0.39 is 0 Å². The van der Waals surface area contributed by atoms with Crippen LogP contribution in [-0.4, -0.2) is 59.5 Å². The van der Waals surface area contributed by atoms with Crippen LogP contribution in [0.1, 0.15) is 5.56 Å². The molecule has 5 rings (SSSR count). The molecule has 7 nitrogen and oxygen atoms in total. The molecule has 0 unspecified atom stereocenters. The van der Waals surface area contributed by atoms with E-state index in [0.717, 1.165) is 83.7 Å². The SMILES string of the molecule is COc1ccc(-c2cc3cc(CN4CCN(c5ccc(OC)c(OC)c5)CC4)cc(OC)c3o2)cc1. The zero-order chi connectivity index (χ0) is 25.1. The first-order chi connectivity index (χ1) is 17.6. The molecule has 0 bridgehead atoms. The van der Waals surface area contributed by atoms with Gasteiger partial charge in [0.15, 0.2) is 22.8 Å². The first kappa shape index (κ1) is 23.9. The van der Waals surface area contributed by atoms with Gasteiger partial charge in [0.25, 0.3) is 0 Å². The first-order valence-corrected chi connectivity index (χ1v) is 12.1. The molecule has 188 valence electrons. The Morgan fingerprint density at radius 2 is 1.42 bits per heavy atom. The van der Waals surface area contributed by atoms with Gasteiger partial charge in [-0.05, 0) is 60.2 Å². The maximum atomic E-state index is 6.19. The molecular formula is C29H32N2O5. The van der Waals surface area contributed by atoms with Gasteiger partial charge in [-0.25, -0.2) is 0 Å². The number of benzene rings is 3. The van der Waals surface area contributed by atoms with Crippen molar-refractivity contribution in [3.63, 3.8) is 0 Å². The molecule has 2 heterocycles. The quantitative estimate of drug-likeness (QED) is 0.327. The van der Waals surface area contributed by atoms with E-state index in [1.54, 1.807) is 28.4 Å². The molecule has 3 aromatic carbocycles. The van der Waals surface area contributed by atoms with Crippen molar-refractivity contribution >= 4 is 16.7 Å². The standard InChI is InChI=1S/C29H32N2O5/c1-32-24-8-5-21(6-9-24)26-17-22-15-20(16-28(35-4)29(22)36-26)19-30-11-13-31(14-12-30)23-7-10-25(33-2)27(18-23)34-3/h5-10,15-18H,11-14,19H2,1-4H3. The highest BCUT2D eigenvalue weighted by atomic mass is 16.5. The predicted octanol–water partition coefficient (Wildman–Crippen LogP) is 5.46. The predicted molar refractivity (Wildman–Crippen MR) is 142 cm³/mol. The van der Waals surface area contributed by atoms with E-state index in [9.17, 15) is 0 Å². The summed E-state index contributed by atoms with van der Waals surface area (Å²) in [6.45, 7) is 4.69. The van der Waals surface area contributed by atoms with E-state index in [2.05, 4.69) is 34.1 Å². The molecule has 0 atom stereocenters. The minimum Gasteiger partial charge on any atom is -0.497 e. The molecule has 0 amide bonds. The summed E-state index contributed by atoms with van der Waals surface area (Å²) in [5.74, 6) is 3.89. The fraction of sp³-hybridized carbons (Fsp3) is 0.310. The van der Waals surface area contributed by atoms with Gasteiger partial charge in [-0.3, -0.25) is 4.90 Å².